The van der Waals surface area contributed by atoms with Crippen LogP contribution in [0.2, 0.25) is 0 Å². The molecule has 0 aromatic heterocycles. The molecule has 1 amide bonds. The van der Waals surface area contributed by atoms with Gasteiger partial charge in [0.25, 0.3) is 0 Å². The van der Waals surface area contributed by atoms with Crippen LogP contribution in [0.25, 0.3) is 0 Å². The molecule has 0 aromatic rings. The number of nitrogens with one attached hydrogen (secondary N) is 1. The zero-order valence-electron chi connectivity index (χ0n) is 10.1. The van der Waals surface area contributed by atoms with Crippen molar-refractivity contribution < 1.29 is 19.1 Å². The third-order valence-electron chi connectivity index (χ3n) is 1.91. The maximum atomic E-state index is 11.1. The van der Waals surface area contributed by atoms with E-state index in [1.807, 2.05) is 0 Å². The van der Waals surface area contributed by atoms with Crippen LogP contribution >= 0.6 is 0 Å². The summed E-state index contributed by atoms with van der Waals surface area (Å²) in [5, 5.41) is 2.68. The molecule has 0 radical (unpaired) electrons. The summed E-state index contributed by atoms with van der Waals surface area (Å²) >= 11 is 0. The monoisotopic (exact) mass is 231 g/mol. The second-order valence-corrected chi connectivity index (χ2v) is 3.51. The molecule has 0 unspecified atom stereocenters. The zero-order valence-corrected chi connectivity index (χ0v) is 10.1. The fraction of sp³-hybridized carbons (Fsp3) is 0.818. The van der Waals surface area contributed by atoms with E-state index >= 15 is 0 Å². The molecule has 94 valence electrons. The first-order chi connectivity index (χ1) is 7.66. The van der Waals surface area contributed by atoms with Crippen molar-refractivity contribution in [3.8, 4) is 0 Å². The van der Waals surface area contributed by atoms with Gasteiger partial charge in [0.05, 0.1) is 6.61 Å². The lowest BCUT2D eigenvalue weighted by atomic mass is 10.2. The number of hydrogen-bond acceptors (Lipinski definition) is 4. The van der Waals surface area contributed by atoms with Gasteiger partial charge in [-0.25, -0.2) is 0 Å². The highest BCUT2D eigenvalue weighted by molar-refractivity contribution is 5.83. The van der Waals surface area contributed by atoms with Gasteiger partial charge in [-0.15, -0.1) is 0 Å². The molecule has 0 spiro atoms. The van der Waals surface area contributed by atoms with E-state index < -0.39 is 0 Å². The average molecular weight is 231 g/mol. The van der Waals surface area contributed by atoms with Gasteiger partial charge in [0, 0.05) is 39.7 Å². The lowest BCUT2D eigenvalue weighted by Crippen LogP contribution is -2.27. The van der Waals surface area contributed by atoms with Crippen LogP contribution in [0.4, 0.5) is 0 Å². The summed E-state index contributed by atoms with van der Waals surface area (Å²) in [6.07, 6.45) is 1.42. The van der Waals surface area contributed by atoms with Gasteiger partial charge in [-0.2, -0.15) is 0 Å². The number of methoxy groups -OCH3 is 1. The predicted molar refractivity (Wildman–Crippen MR) is 60.2 cm³/mol. The average Bonchev–Trinajstić information content (AvgIpc) is 2.25. The van der Waals surface area contributed by atoms with Crippen LogP contribution in [-0.2, 0) is 19.1 Å². The molecule has 0 rings (SSSR count). The molecule has 1 N–H and O–H groups in total. The van der Waals surface area contributed by atoms with Crippen LogP contribution in [0.15, 0.2) is 0 Å². The number of rotatable bonds is 10. The molecule has 0 aliphatic carbocycles. The first-order valence-corrected chi connectivity index (χ1v) is 5.49. The van der Waals surface area contributed by atoms with E-state index in [0.29, 0.717) is 32.8 Å². The van der Waals surface area contributed by atoms with Crippen LogP contribution in [0.1, 0.15) is 26.2 Å². The summed E-state index contributed by atoms with van der Waals surface area (Å²) in [6, 6.07) is 0. The Morgan fingerprint density at radius 2 is 1.88 bits per heavy atom. The van der Waals surface area contributed by atoms with Gasteiger partial charge in [0.2, 0.25) is 5.91 Å². The molecule has 0 bridgehead atoms. The van der Waals surface area contributed by atoms with Crippen molar-refractivity contribution in [2.24, 2.45) is 0 Å². The Morgan fingerprint density at radius 3 is 2.50 bits per heavy atom. The van der Waals surface area contributed by atoms with Crippen molar-refractivity contribution in [1.82, 2.24) is 5.32 Å². The minimum absolute atomic E-state index is 0.0333. The number of amides is 1. The number of ketones is 1. The first kappa shape index (κ1) is 15.1. The molecule has 16 heavy (non-hydrogen) atoms. The quantitative estimate of drug-likeness (QED) is 0.557. The number of Topliss-reactive ketones (excluding diaryl/α,β-unsaturated/α-hetero) is 1. The lowest BCUT2D eigenvalue weighted by molar-refractivity contribution is -0.124. The van der Waals surface area contributed by atoms with Crippen molar-refractivity contribution >= 4 is 11.7 Å². The third-order valence-corrected chi connectivity index (χ3v) is 1.91. The molecule has 0 saturated heterocycles. The van der Waals surface area contributed by atoms with Crippen molar-refractivity contribution in [3.05, 3.63) is 0 Å². The predicted octanol–water partition coefficient (Wildman–Crippen LogP) is 0.525. The minimum Gasteiger partial charge on any atom is -0.385 e. The van der Waals surface area contributed by atoms with E-state index in [2.05, 4.69) is 5.32 Å². The Bertz CT molecular complexity index is 206. The number of ether oxygens (including phenoxy) is 2. The highest BCUT2D eigenvalue weighted by Crippen LogP contribution is 1.89. The van der Waals surface area contributed by atoms with E-state index in [0.717, 1.165) is 6.42 Å². The normalized spacial score (nSPS) is 10.1. The summed E-state index contributed by atoms with van der Waals surface area (Å²) in [7, 11) is 1.65. The highest BCUT2D eigenvalue weighted by Gasteiger charge is 2.02. The first-order valence-electron chi connectivity index (χ1n) is 5.49. The van der Waals surface area contributed by atoms with Crippen LogP contribution in [0, 0.1) is 0 Å². The Labute approximate surface area is 96.5 Å². The standard InChI is InChI=1S/C11H21NO4/c1-10(13)4-5-11(14)12-6-9-16-8-3-7-15-2/h3-9H2,1-2H3,(H,12,14). The Kier molecular flexibility index (Phi) is 9.95. The molecule has 5 nitrogen and oxygen atoms in total. The topological polar surface area (TPSA) is 64.6 Å². The Balaban J connectivity index is 3.18. The zero-order chi connectivity index (χ0) is 12.2. The van der Waals surface area contributed by atoms with Crippen molar-refractivity contribution in [2.45, 2.75) is 26.2 Å². The smallest absolute Gasteiger partial charge is 0.220 e. The Morgan fingerprint density at radius 1 is 1.12 bits per heavy atom. The molecule has 0 atom stereocenters. The third kappa shape index (κ3) is 11.1. The highest BCUT2D eigenvalue weighted by atomic mass is 16.5. The fourth-order valence-corrected chi connectivity index (χ4v) is 1.05. The number of carbonyl (C=O) groups is 2. The maximum Gasteiger partial charge on any atom is 0.220 e. The number of carbonyl (C=O) groups excluding carboxylic acids is 2. The van der Waals surface area contributed by atoms with Gasteiger partial charge in [-0.05, 0) is 13.3 Å². The van der Waals surface area contributed by atoms with Crippen molar-refractivity contribution in [1.29, 1.82) is 0 Å². The molecule has 0 aliphatic heterocycles. The second kappa shape index (κ2) is 10.6. The molecule has 0 aliphatic rings. The van der Waals surface area contributed by atoms with Gasteiger partial charge >= 0.3 is 0 Å². The Hall–Kier alpha value is -0.940. The van der Waals surface area contributed by atoms with E-state index in [1.54, 1.807) is 7.11 Å². The summed E-state index contributed by atoms with van der Waals surface area (Å²) in [5.74, 6) is -0.0679. The molecule has 0 heterocycles. The number of hydrogen-bond donors (Lipinski definition) is 1. The maximum absolute atomic E-state index is 11.1. The molecule has 5 heteroatoms. The van der Waals surface area contributed by atoms with Crippen LogP contribution < -0.4 is 5.32 Å². The summed E-state index contributed by atoms with van der Waals surface area (Å²) < 4.78 is 10.1. The lowest BCUT2D eigenvalue weighted by Gasteiger charge is -2.05. The van der Waals surface area contributed by atoms with Crippen LogP contribution in [-0.4, -0.2) is 45.2 Å². The summed E-state index contributed by atoms with van der Waals surface area (Å²) in [6.45, 7) is 3.79. The van der Waals surface area contributed by atoms with Gasteiger partial charge < -0.3 is 19.6 Å². The van der Waals surface area contributed by atoms with Crippen molar-refractivity contribution in [2.75, 3.05) is 33.5 Å². The van der Waals surface area contributed by atoms with Crippen molar-refractivity contribution in [3.63, 3.8) is 0 Å². The van der Waals surface area contributed by atoms with Crippen LogP contribution in [0.3, 0.4) is 0 Å². The molecular formula is C11H21NO4. The molecule has 0 aromatic carbocycles. The van der Waals surface area contributed by atoms with E-state index in [1.165, 1.54) is 6.92 Å². The van der Waals surface area contributed by atoms with Gasteiger partial charge in [0.15, 0.2) is 0 Å². The summed E-state index contributed by atoms with van der Waals surface area (Å²) in [5.41, 5.74) is 0. The second-order valence-electron chi connectivity index (χ2n) is 3.51. The fourth-order valence-electron chi connectivity index (χ4n) is 1.05. The minimum atomic E-state index is -0.101. The molecular weight excluding hydrogens is 210 g/mol. The largest absolute Gasteiger partial charge is 0.385 e. The van der Waals surface area contributed by atoms with E-state index in [4.69, 9.17) is 9.47 Å². The van der Waals surface area contributed by atoms with E-state index in [9.17, 15) is 9.59 Å². The SMILES string of the molecule is COCCCOCCNC(=O)CCC(C)=O. The van der Waals surface area contributed by atoms with Gasteiger partial charge in [0.1, 0.15) is 5.78 Å². The van der Waals surface area contributed by atoms with Gasteiger partial charge in [-0.1, -0.05) is 0 Å². The molecule has 0 fully saturated rings. The van der Waals surface area contributed by atoms with Crippen LogP contribution in [0.5, 0.6) is 0 Å². The van der Waals surface area contributed by atoms with Gasteiger partial charge in [-0.3, -0.25) is 4.79 Å². The van der Waals surface area contributed by atoms with E-state index in [-0.39, 0.29) is 18.1 Å². The summed E-state index contributed by atoms with van der Waals surface area (Å²) in [4.78, 5) is 21.8. The molecule has 0 saturated carbocycles.